The second-order valence-electron chi connectivity index (χ2n) is 15.2. The Labute approximate surface area is 341 Å². The molecule has 0 saturated carbocycles. The first-order valence-electron chi connectivity index (χ1n) is 19.8. The first kappa shape index (κ1) is 32.1. The maximum atomic E-state index is 2.46. The molecular weight excluding hydrogens is 741 g/mol. The molecule has 0 bridgehead atoms. The molecule has 13 aromatic rings. The molecule has 0 unspecified atom stereocenters. The highest BCUT2D eigenvalue weighted by Gasteiger charge is 2.21. The second kappa shape index (κ2) is 12.3. The number of nitrogens with zero attached hydrogens (tertiary/aromatic N) is 2. The Morgan fingerprint density at radius 2 is 0.603 bits per heavy atom. The first-order valence-corrected chi connectivity index (χ1v) is 21.4. The van der Waals surface area contributed by atoms with Crippen molar-refractivity contribution >= 4 is 107 Å². The average molecular weight is 773 g/mol. The minimum atomic E-state index is 1.14. The third-order valence-corrected chi connectivity index (χ3v) is 14.4. The third-order valence-electron chi connectivity index (χ3n) is 12.1. The van der Waals surface area contributed by atoms with E-state index >= 15 is 0 Å². The van der Waals surface area contributed by atoms with Gasteiger partial charge in [0.1, 0.15) is 0 Å². The van der Waals surface area contributed by atoms with Crippen molar-refractivity contribution in [1.82, 2.24) is 9.13 Å². The summed E-state index contributed by atoms with van der Waals surface area (Å²) in [7, 11) is 0. The lowest BCUT2D eigenvalue weighted by atomic mass is 9.95. The molecule has 0 N–H and O–H groups in total. The Kier molecular flexibility index (Phi) is 6.79. The van der Waals surface area contributed by atoms with Crippen molar-refractivity contribution in [3.05, 3.63) is 194 Å². The van der Waals surface area contributed by atoms with Gasteiger partial charge in [-0.25, -0.2) is 0 Å². The van der Waals surface area contributed by atoms with Gasteiger partial charge in [-0.15, -0.1) is 22.7 Å². The van der Waals surface area contributed by atoms with Crippen LogP contribution in [0.3, 0.4) is 0 Å². The van der Waals surface area contributed by atoms with Crippen LogP contribution in [0.4, 0.5) is 0 Å². The topological polar surface area (TPSA) is 9.86 Å². The van der Waals surface area contributed by atoms with Gasteiger partial charge in [-0.3, -0.25) is 0 Å². The molecule has 0 amide bonds. The van der Waals surface area contributed by atoms with Crippen LogP contribution < -0.4 is 0 Å². The summed E-state index contributed by atoms with van der Waals surface area (Å²) in [5, 5.41) is 10.4. The number of fused-ring (bicyclic) bond motifs is 12. The molecular formula is C54H32N2S2. The summed E-state index contributed by atoms with van der Waals surface area (Å²) in [4.78, 5) is 0. The predicted molar refractivity (Wildman–Crippen MR) is 252 cm³/mol. The minimum Gasteiger partial charge on any atom is -0.309 e. The fourth-order valence-electron chi connectivity index (χ4n) is 9.81. The van der Waals surface area contributed by atoms with Gasteiger partial charge in [-0.05, 0) is 89.0 Å². The van der Waals surface area contributed by atoms with Crippen LogP contribution in [-0.4, -0.2) is 9.13 Å². The SMILES string of the molecule is c1cc(-n2c3ccccc3c3c(-c4cccc5sc6ccccc6c45)cccc32)cc(-n2c3ccccc3c3c(-c4cccc5sc6ccccc6c45)cccc32)c1. The quantitative estimate of drug-likeness (QED) is 0.169. The lowest BCUT2D eigenvalue weighted by molar-refractivity contribution is 1.13. The molecule has 58 heavy (non-hydrogen) atoms. The number of aromatic nitrogens is 2. The van der Waals surface area contributed by atoms with Gasteiger partial charge >= 0.3 is 0 Å². The molecule has 0 radical (unpaired) electrons. The smallest absolute Gasteiger partial charge is 0.0547 e. The van der Waals surface area contributed by atoms with Gasteiger partial charge < -0.3 is 9.13 Å². The summed E-state index contributed by atoms with van der Waals surface area (Å²) < 4.78 is 10.2. The van der Waals surface area contributed by atoms with Gasteiger partial charge in [-0.1, -0.05) is 127 Å². The predicted octanol–water partition coefficient (Wildman–Crippen LogP) is 16.0. The maximum absolute atomic E-state index is 2.46. The molecule has 4 aromatic heterocycles. The Hall–Kier alpha value is -6.98. The van der Waals surface area contributed by atoms with Crippen molar-refractivity contribution < 1.29 is 0 Å². The molecule has 0 aliphatic heterocycles. The second-order valence-corrected chi connectivity index (χ2v) is 17.3. The first-order chi connectivity index (χ1) is 28.8. The van der Waals surface area contributed by atoms with Crippen LogP contribution in [-0.2, 0) is 0 Å². The standard InChI is InChI=1S/C54H32N2S2/c1-5-24-43-39(16-1)51-35(37-22-12-30-49-53(37)41-18-3-7-28-47(41)57-49)20-10-26-45(51)55(43)33-14-9-15-34(32-33)56-44-25-6-2-17-40(44)52-36(21-11-27-46(52)56)38-23-13-31-50-54(38)42-19-4-8-29-48(42)58-50/h1-32H. The molecule has 4 heterocycles. The summed E-state index contributed by atoms with van der Waals surface area (Å²) in [5.74, 6) is 0. The van der Waals surface area contributed by atoms with E-state index in [1.165, 1.54) is 106 Å². The number of benzene rings is 9. The molecule has 0 fully saturated rings. The Morgan fingerprint density at radius 1 is 0.259 bits per heavy atom. The zero-order chi connectivity index (χ0) is 37.9. The minimum absolute atomic E-state index is 1.14. The van der Waals surface area contributed by atoms with Crippen LogP contribution in [0.15, 0.2) is 194 Å². The Morgan fingerprint density at radius 3 is 1.09 bits per heavy atom. The number of thiophene rings is 2. The van der Waals surface area contributed by atoms with Crippen LogP contribution in [0.1, 0.15) is 0 Å². The van der Waals surface area contributed by atoms with Gasteiger partial charge in [0.15, 0.2) is 0 Å². The van der Waals surface area contributed by atoms with E-state index < -0.39 is 0 Å². The summed E-state index contributed by atoms with van der Waals surface area (Å²) in [6, 6.07) is 71.8. The van der Waals surface area contributed by atoms with Gasteiger partial charge in [-0.2, -0.15) is 0 Å². The van der Waals surface area contributed by atoms with Crippen molar-refractivity contribution in [3.63, 3.8) is 0 Å². The number of para-hydroxylation sites is 2. The van der Waals surface area contributed by atoms with Gasteiger partial charge in [0.25, 0.3) is 0 Å². The van der Waals surface area contributed by atoms with E-state index in [0.717, 1.165) is 11.4 Å². The lowest BCUT2D eigenvalue weighted by Crippen LogP contribution is -1.98. The summed E-state index contributed by atoms with van der Waals surface area (Å²) in [5.41, 5.74) is 12.2. The van der Waals surface area contributed by atoms with Crippen LogP contribution in [0.25, 0.3) is 118 Å². The molecule has 0 spiro atoms. The van der Waals surface area contributed by atoms with Crippen LogP contribution in [0.5, 0.6) is 0 Å². The van der Waals surface area contributed by atoms with E-state index in [1.54, 1.807) is 0 Å². The summed E-state index contributed by atoms with van der Waals surface area (Å²) >= 11 is 3.75. The summed E-state index contributed by atoms with van der Waals surface area (Å²) in [6.07, 6.45) is 0. The third kappa shape index (κ3) is 4.47. The molecule has 4 heteroatoms. The average Bonchev–Trinajstić information content (AvgIpc) is 4.04. The highest BCUT2D eigenvalue weighted by molar-refractivity contribution is 7.26. The van der Waals surface area contributed by atoms with Gasteiger partial charge in [0.05, 0.1) is 22.1 Å². The van der Waals surface area contributed by atoms with Crippen molar-refractivity contribution in [2.45, 2.75) is 0 Å². The van der Waals surface area contributed by atoms with Crippen molar-refractivity contribution in [2.24, 2.45) is 0 Å². The lowest BCUT2D eigenvalue weighted by Gasteiger charge is -2.13. The molecule has 2 nitrogen and oxygen atoms in total. The summed E-state index contributed by atoms with van der Waals surface area (Å²) in [6.45, 7) is 0. The van der Waals surface area contributed by atoms with Gasteiger partial charge in [0, 0.05) is 73.3 Å². The van der Waals surface area contributed by atoms with Crippen molar-refractivity contribution in [2.75, 3.05) is 0 Å². The van der Waals surface area contributed by atoms with Crippen LogP contribution >= 0.6 is 22.7 Å². The van der Waals surface area contributed by atoms with E-state index in [2.05, 4.69) is 203 Å². The molecule has 13 rings (SSSR count). The van der Waals surface area contributed by atoms with Crippen LogP contribution in [0.2, 0.25) is 0 Å². The molecule has 0 atom stereocenters. The van der Waals surface area contributed by atoms with E-state index in [4.69, 9.17) is 0 Å². The Bertz CT molecular complexity index is 3570. The van der Waals surface area contributed by atoms with E-state index in [1.807, 2.05) is 22.7 Å². The number of hydrogen-bond acceptors (Lipinski definition) is 2. The molecule has 0 saturated heterocycles. The molecule has 0 aliphatic carbocycles. The van der Waals surface area contributed by atoms with E-state index in [0.29, 0.717) is 0 Å². The van der Waals surface area contributed by atoms with Crippen molar-refractivity contribution in [3.8, 4) is 33.6 Å². The zero-order valence-electron chi connectivity index (χ0n) is 31.2. The maximum Gasteiger partial charge on any atom is 0.0547 e. The normalized spacial score (nSPS) is 12.1. The van der Waals surface area contributed by atoms with Crippen molar-refractivity contribution in [1.29, 1.82) is 0 Å². The monoisotopic (exact) mass is 772 g/mol. The number of rotatable bonds is 4. The van der Waals surface area contributed by atoms with Crippen LogP contribution in [0, 0.1) is 0 Å². The highest BCUT2D eigenvalue weighted by atomic mass is 32.1. The highest BCUT2D eigenvalue weighted by Crippen LogP contribution is 2.47. The largest absolute Gasteiger partial charge is 0.309 e. The van der Waals surface area contributed by atoms with Gasteiger partial charge in [0.2, 0.25) is 0 Å². The van der Waals surface area contributed by atoms with E-state index in [9.17, 15) is 0 Å². The zero-order valence-corrected chi connectivity index (χ0v) is 32.8. The Balaban J connectivity index is 1.05. The van der Waals surface area contributed by atoms with E-state index in [-0.39, 0.29) is 0 Å². The molecule has 270 valence electrons. The molecule has 0 aliphatic rings. The fraction of sp³-hybridized carbons (Fsp3) is 0. The fourth-order valence-corrected chi connectivity index (χ4v) is 12.1. The molecule has 9 aromatic carbocycles. The number of hydrogen-bond donors (Lipinski definition) is 0.